The van der Waals surface area contributed by atoms with Crippen molar-refractivity contribution in [3.63, 3.8) is 0 Å². The van der Waals surface area contributed by atoms with Crippen LogP contribution in [0.1, 0.15) is 5.56 Å². The third kappa shape index (κ3) is 5.23. The molecular weight excluding hydrogens is 342 g/mol. The minimum absolute atomic E-state index is 0.0712. The molecule has 26 heavy (non-hydrogen) atoms. The quantitative estimate of drug-likeness (QED) is 0.445. The van der Waals surface area contributed by atoms with Crippen LogP contribution in [-0.4, -0.2) is 47.0 Å². The lowest BCUT2D eigenvalue weighted by Gasteiger charge is -2.15. The first-order valence-electron chi connectivity index (χ1n) is 7.55. The SMILES string of the molecule is Cc1cc([N+](=O)[O-])ccc1NC(=O)COC(=O)CN(C)c1ncccn1. The molecule has 0 aliphatic heterocycles. The number of likely N-dealkylation sites (N-methyl/N-ethyl adjacent to an activating group) is 1. The highest BCUT2D eigenvalue weighted by atomic mass is 16.6. The molecule has 1 heterocycles. The van der Waals surface area contributed by atoms with Gasteiger partial charge in [0, 0.05) is 37.3 Å². The van der Waals surface area contributed by atoms with Gasteiger partial charge < -0.3 is 15.0 Å². The van der Waals surface area contributed by atoms with Gasteiger partial charge in [-0.3, -0.25) is 19.7 Å². The Morgan fingerprint density at radius 3 is 2.62 bits per heavy atom. The van der Waals surface area contributed by atoms with Gasteiger partial charge in [-0.25, -0.2) is 9.97 Å². The molecule has 0 aliphatic rings. The van der Waals surface area contributed by atoms with E-state index in [9.17, 15) is 19.7 Å². The summed E-state index contributed by atoms with van der Waals surface area (Å²) in [4.78, 5) is 43.3. The van der Waals surface area contributed by atoms with Crippen molar-refractivity contribution >= 4 is 29.2 Å². The molecule has 1 aromatic heterocycles. The maximum Gasteiger partial charge on any atom is 0.326 e. The fraction of sp³-hybridized carbons (Fsp3) is 0.250. The number of nitro benzene ring substituents is 1. The third-order valence-corrected chi connectivity index (χ3v) is 3.32. The van der Waals surface area contributed by atoms with Crippen molar-refractivity contribution in [2.45, 2.75) is 6.92 Å². The molecule has 0 spiro atoms. The third-order valence-electron chi connectivity index (χ3n) is 3.32. The summed E-state index contributed by atoms with van der Waals surface area (Å²) in [6, 6.07) is 5.70. The fourth-order valence-corrected chi connectivity index (χ4v) is 2.03. The van der Waals surface area contributed by atoms with Gasteiger partial charge in [0.15, 0.2) is 6.61 Å². The van der Waals surface area contributed by atoms with Crippen molar-refractivity contribution in [1.82, 2.24) is 9.97 Å². The molecule has 0 aliphatic carbocycles. The van der Waals surface area contributed by atoms with Gasteiger partial charge in [-0.15, -0.1) is 0 Å². The van der Waals surface area contributed by atoms with Gasteiger partial charge in [0.2, 0.25) is 5.95 Å². The van der Waals surface area contributed by atoms with E-state index >= 15 is 0 Å². The fourth-order valence-electron chi connectivity index (χ4n) is 2.03. The summed E-state index contributed by atoms with van der Waals surface area (Å²) in [5.74, 6) is -0.806. The number of carbonyl (C=O) groups excluding carboxylic acids is 2. The predicted molar refractivity (Wildman–Crippen MR) is 92.7 cm³/mol. The number of nitrogens with zero attached hydrogens (tertiary/aromatic N) is 4. The Balaban J connectivity index is 1.83. The summed E-state index contributed by atoms with van der Waals surface area (Å²) in [5.41, 5.74) is 0.865. The van der Waals surface area contributed by atoms with Gasteiger partial charge in [-0.05, 0) is 24.6 Å². The lowest BCUT2D eigenvalue weighted by Crippen LogP contribution is -2.30. The van der Waals surface area contributed by atoms with E-state index in [0.29, 0.717) is 17.2 Å². The van der Waals surface area contributed by atoms with E-state index in [1.54, 1.807) is 32.4 Å². The number of nitrogens with one attached hydrogen (secondary N) is 1. The molecule has 10 nitrogen and oxygen atoms in total. The maximum atomic E-state index is 11.9. The number of amides is 1. The molecule has 0 saturated heterocycles. The number of benzene rings is 1. The summed E-state index contributed by atoms with van der Waals surface area (Å²) < 4.78 is 4.91. The lowest BCUT2D eigenvalue weighted by atomic mass is 10.2. The first kappa shape index (κ1) is 18.8. The molecule has 0 bridgehead atoms. The van der Waals surface area contributed by atoms with E-state index in [1.807, 2.05) is 0 Å². The Morgan fingerprint density at radius 2 is 2.00 bits per heavy atom. The zero-order chi connectivity index (χ0) is 19.1. The van der Waals surface area contributed by atoms with Crippen molar-refractivity contribution in [2.24, 2.45) is 0 Å². The first-order valence-corrected chi connectivity index (χ1v) is 7.55. The summed E-state index contributed by atoms with van der Waals surface area (Å²) in [6.07, 6.45) is 3.09. The van der Waals surface area contributed by atoms with Gasteiger partial charge in [0.25, 0.3) is 11.6 Å². The molecule has 0 fully saturated rings. The van der Waals surface area contributed by atoms with Gasteiger partial charge in [-0.2, -0.15) is 0 Å². The van der Waals surface area contributed by atoms with E-state index in [1.165, 1.54) is 23.1 Å². The smallest absolute Gasteiger partial charge is 0.326 e. The van der Waals surface area contributed by atoms with Crippen LogP contribution in [0.4, 0.5) is 17.3 Å². The molecule has 2 rings (SSSR count). The van der Waals surface area contributed by atoms with E-state index in [-0.39, 0.29) is 12.2 Å². The van der Waals surface area contributed by atoms with Crippen molar-refractivity contribution in [2.75, 3.05) is 30.4 Å². The number of hydrogen-bond acceptors (Lipinski definition) is 8. The summed E-state index contributed by atoms with van der Waals surface area (Å²) in [7, 11) is 1.62. The monoisotopic (exact) mass is 359 g/mol. The molecule has 2 aromatic rings. The van der Waals surface area contributed by atoms with Gasteiger partial charge in [0.05, 0.1) is 4.92 Å². The Kier molecular flexibility index (Phi) is 6.15. The van der Waals surface area contributed by atoms with Gasteiger partial charge in [-0.1, -0.05) is 0 Å². The van der Waals surface area contributed by atoms with Crippen LogP contribution in [0, 0.1) is 17.0 Å². The standard InChI is InChI=1S/C16H17N5O5/c1-11-8-12(21(24)25)4-5-13(11)19-14(22)10-26-15(23)9-20(2)16-17-6-3-7-18-16/h3-8H,9-10H2,1-2H3,(H,19,22). The molecule has 1 N–H and O–H groups in total. The van der Waals surface area contributed by atoms with Crippen molar-refractivity contribution < 1.29 is 19.2 Å². The molecule has 1 amide bonds. The van der Waals surface area contributed by atoms with Crippen LogP contribution in [-0.2, 0) is 14.3 Å². The van der Waals surface area contributed by atoms with Crippen LogP contribution in [0.3, 0.4) is 0 Å². The van der Waals surface area contributed by atoms with Crippen LogP contribution in [0.2, 0.25) is 0 Å². The second-order valence-corrected chi connectivity index (χ2v) is 5.37. The van der Waals surface area contributed by atoms with Crippen molar-refractivity contribution in [3.8, 4) is 0 Å². The number of rotatable bonds is 7. The van der Waals surface area contributed by atoms with Crippen molar-refractivity contribution in [1.29, 1.82) is 0 Å². The number of esters is 1. The molecule has 10 heteroatoms. The molecule has 0 atom stereocenters. The van der Waals surface area contributed by atoms with Crippen LogP contribution in [0.25, 0.3) is 0 Å². The number of ether oxygens (including phenoxy) is 1. The topological polar surface area (TPSA) is 128 Å². The molecular formula is C16H17N5O5. The number of carbonyl (C=O) groups is 2. The average molecular weight is 359 g/mol. The first-order chi connectivity index (χ1) is 12.4. The van der Waals surface area contributed by atoms with E-state index in [4.69, 9.17) is 4.74 Å². The lowest BCUT2D eigenvalue weighted by molar-refractivity contribution is -0.384. The van der Waals surface area contributed by atoms with E-state index in [2.05, 4.69) is 15.3 Å². The van der Waals surface area contributed by atoms with Crippen molar-refractivity contribution in [3.05, 3.63) is 52.3 Å². The highest BCUT2D eigenvalue weighted by molar-refractivity contribution is 5.93. The zero-order valence-electron chi connectivity index (χ0n) is 14.2. The molecule has 0 radical (unpaired) electrons. The Morgan fingerprint density at radius 1 is 1.31 bits per heavy atom. The minimum atomic E-state index is -0.615. The Hall–Kier alpha value is -3.56. The largest absolute Gasteiger partial charge is 0.454 e. The number of aryl methyl sites for hydroxylation is 1. The van der Waals surface area contributed by atoms with E-state index in [0.717, 1.165) is 0 Å². The normalized spacial score (nSPS) is 10.1. The second-order valence-electron chi connectivity index (χ2n) is 5.37. The number of aromatic nitrogens is 2. The van der Waals surface area contributed by atoms with E-state index < -0.39 is 23.4 Å². The van der Waals surface area contributed by atoms with Gasteiger partial charge >= 0.3 is 5.97 Å². The maximum absolute atomic E-state index is 11.9. The molecule has 0 unspecified atom stereocenters. The number of nitro groups is 1. The number of hydrogen-bond donors (Lipinski definition) is 1. The molecule has 1 aromatic carbocycles. The minimum Gasteiger partial charge on any atom is -0.454 e. The number of anilines is 2. The Bertz CT molecular complexity index is 812. The summed E-state index contributed by atoms with van der Waals surface area (Å²) in [5, 5.41) is 13.2. The van der Waals surface area contributed by atoms with Crippen LogP contribution >= 0.6 is 0 Å². The van der Waals surface area contributed by atoms with Crippen LogP contribution < -0.4 is 10.2 Å². The molecule has 136 valence electrons. The van der Waals surface area contributed by atoms with Gasteiger partial charge in [0.1, 0.15) is 6.54 Å². The highest BCUT2D eigenvalue weighted by Crippen LogP contribution is 2.21. The molecule has 0 saturated carbocycles. The Labute approximate surface area is 149 Å². The number of non-ortho nitro benzene ring substituents is 1. The van der Waals surface area contributed by atoms with Crippen LogP contribution in [0.15, 0.2) is 36.7 Å². The predicted octanol–water partition coefficient (Wildman–Crippen LogP) is 1.31. The highest BCUT2D eigenvalue weighted by Gasteiger charge is 2.14. The summed E-state index contributed by atoms with van der Waals surface area (Å²) >= 11 is 0. The zero-order valence-corrected chi connectivity index (χ0v) is 14.2. The van der Waals surface area contributed by atoms with Crippen LogP contribution in [0.5, 0.6) is 0 Å². The average Bonchev–Trinajstić information content (AvgIpc) is 2.62. The summed E-state index contributed by atoms with van der Waals surface area (Å²) in [6.45, 7) is 1.04. The second kappa shape index (κ2) is 8.51.